The Morgan fingerprint density at radius 3 is 2.42 bits per heavy atom. The van der Waals surface area contributed by atoms with Crippen molar-refractivity contribution in [3.05, 3.63) is 47.8 Å². The van der Waals surface area contributed by atoms with E-state index in [0.29, 0.717) is 11.5 Å². The van der Waals surface area contributed by atoms with Gasteiger partial charge in [-0.3, -0.25) is 9.59 Å². The van der Waals surface area contributed by atoms with Crippen LogP contribution in [0.2, 0.25) is 0 Å². The Bertz CT molecular complexity index is 739. The molecule has 0 aliphatic carbocycles. The fraction of sp³-hybridized carbons (Fsp3) is 0.278. The van der Waals surface area contributed by atoms with Gasteiger partial charge in [0.15, 0.2) is 12.4 Å². The number of benzene rings is 1. The van der Waals surface area contributed by atoms with Crippen molar-refractivity contribution in [2.75, 3.05) is 6.73 Å². The third kappa shape index (κ3) is 4.32. The molecular weight excluding hydrogens is 308 g/mol. The molecule has 0 bridgehead atoms. The van der Waals surface area contributed by atoms with E-state index in [1.165, 1.54) is 24.8 Å². The lowest BCUT2D eigenvalue weighted by Crippen LogP contribution is -2.27. The number of aromatic hydroxyl groups is 1. The SMILES string of the molecule is CC(=O)OCNC(=O)c1ncc(-c2ccc(C(C)C)cc2)cc1O. The quantitative estimate of drug-likeness (QED) is 0.651. The molecule has 0 aliphatic heterocycles. The molecule has 6 nitrogen and oxygen atoms in total. The number of carbonyl (C=O) groups is 2. The highest BCUT2D eigenvalue weighted by Crippen LogP contribution is 2.26. The molecule has 2 aromatic rings. The zero-order chi connectivity index (χ0) is 17.7. The smallest absolute Gasteiger partial charge is 0.304 e. The van der Waals surface area contributed by atoms with Gasteiger partial charge in [0.2, 0.25) is 0 Å². The number of hydrogen-bond donors (Lipinski definition) is 2. The highest BCUT2D eigenvalue weighted by atomic mass is 16.5. The van der Waals surface area contributed by atoms with Crippen molar-refractivity contribution in [2.45, 2.75) is 26.7 Å². The summed E-state index contributed by atoms with van der Waals surface area (Å²) in [5, 5.41) is 12.4. The largest absolute Gasteiger partial charge is 0.505 e. The number of nitrogens with zero attached hydrogens (tertiary/aromatic N) is 1. The van der Waals surface area contributed by atoms with E-state index in [1.807, 2.05) is 24.3 Å². The standard InChI is InChI=1S/C18H20N2O4/c1-11(2)13-4-6-14(7-5-13)15-8-16(22)17(19-9-15)18(23)20-10-24-12(3)21/h4-9,11,22H,10H2,1-3H3,(H,20,23). The van der Waals surface area contributed by atoms with Crippen molar-refractivity contribution in [1.29, 1.82) is 0 Å². The second-order valence-electron chi connectivity index (χ2n) is 5.65. The van der Waals surface area contributed by atoms with Crippen LogP contribution >= 0.6 is 0 Å². The molecule has 2 rings (SSSR count). The fourth-order valence-electron chi connectivity index (χ4n) is 2.13. The second-order valence-corrected chi connectivity index (χ2v) is 5.65. The van der Waals surface area contributed by atoms with Crippen LogP contribution in [0.5, 0.6) is 5.75 Å². The molecule has 0 fully saturated rings. The average Bonchev–Trinajstić information content (AvgIpc) is 2.54. The minimum Gasteiger partial charge on any atom is -0.505 e. The third-order valence-electron chi connectivity index (χ3n) is 3.50. The maximum absolute atomic E-state index is 11.9. The molecular formula is C18H20N2O4. The first-order chi connectivity index (χ1) is 11.4. The van der Waals surface area contributed by atoms with E-state index in [4.69, 9.17) is 0 Å². The maximum atomic E-state index is 11.9. The normalized spacial score (nSPS) is 10.5. The zero-order valence-corrected chi connectivity index (χ0v) is 13.9. The molecule has 0 radical (unpaired) electrons. The monoisotopic (exact) mass is 328 g/mol. The number of amides is 1. The van der Waals surface area contributed by atoms with Crippen molar-refractivity contribution in [3.63, 3.8) is 0 Å². The van der Waals surface area contributed by atoms with Gasteiger partial charge in [-0.2, -0.15) is 0 Å². The Hall–Kier alpha value is -2.89. The molecule has 1 heterocycles. The lowest BCUT2D eigenvalue weighted by atomic mass is 9.99. The topological polar surface area (TPSA) is 88.5 Å². The van der Waals surface area contributed by atoms with E-state index >= 15 is 0 Å². The van der Waals surface area contributed by atoms with E-state index in [0.717, 1.165) is 5.56 Å². The van der Waals surface area contributed by atoms with Crippen LogP contribution in [0.25, 0.3) is 11.1 Å². The van der Waals surface area contributed by atoms with Crippen molar-refractivity contribution in [1.82, 2.24) is 10.3 Å². The van der Waals surface area contributed by atoms with Gasteiger partial charge in [0.05, 0.1) is 0 Å². The van der Waals surface area contributed by atoms with Crippen molar-refractivity contribution in [2.24, 2.45) is 0 Å². The highest BCUT2D eigenvalue weighted by molar-refractivity contribution is 5.95. The van der Waals surface area contributed by atoms with Crippen LogP contribution in [0.15, 0.2) is 36.5 Å². The van der Waals surface area contributed by atoms with E-state index < -0.39 is 11.9 Å². The summed E-state index contributed by atoms with van der Waals surface area (Å²) in [6.45, 7) is 5.20. The molecule has 1 amide bonds. The van der Waals surface area contributed by atoms with Gasteiger partial charge in [-0.25, -0.2) is 4.98 Å². The fourth-order valence-corrected chi connectivity index (χ4v) is 2.13. The van der Waals surface area contributed by atoms with Crippen molar-refractivity contribution >= 4 is 11.9 Å². The Balaban J connectivity index is 2.14. The Morgan fingerprint density at radius 2 is 1.88 bits per heavy atom. The zero-order valence-electron chi connectivity index (χ0n) is 13.9. The first-order valence-corrected chi connectivity index (χ1v) is 7.59. The number of pyridine rings is 1. The molecule has 6 heteroatoms. The molecule has 1 aromatic carbocycles. The van der Waals surface area contributed by atoms with Gasteiger partial charge >= 0.3 is 5.97 Å². The molecule has 0 aliphatic rings. The summed E-state index contributed by atoms with van der Waals surface area (Å²) in [7, 11) is 0. The molecule has 0 saturated carbocycles. The molecule has 0 atom stereocenters. The molecule has 0 spiro atoms. The first kappa shape index (κ1) is 17.5. The maximum Gasteiger partial charge on any atom is 0.304 e. The van der Waals surface area contributed by atoms with Gasteiger partial charge in [-0.15, -0.1) is 0 Å². The average molecular weight is 328 g/mol. The van der Waals surface area contributed by atoms with Crippen LogP contribution in [0.3, 0.4) is 0 Å². The predicted molar refractivity (Wildman–Crippen MR) is 89.5 cm³/mol. The minimum absolute atomic E-state index is 0.121. The summed E-state index contributed by atoms with van der Waals surface area (Å²) in [6.07, 6.45) is 1.52. The molecule has 1 aromatic heterocycles. The van der Waals surface area contributed by atoms with Crippen LogP contribution in [-0.2, 0) is 9.53 Å². The number of hydrogen-bond acceptors (Lipinski definition) is 5. The van der Waals surface area contributed by atoms with Crippen LogP contribution < -0.4 is 5.32 Å². The van der Waals surface area contributed by atoms with Gasteiger partial charge in [-0.1, -0.05) is 38.1 Å². The Morgan fingerprint density at radius 1 is 1.21 bits per heavy atom. The van der Waals surface area contributed by atoms with Crippen LogP contribution in [0, 0.1) is 0 Å². The van der Waals surface area contributed by atoms with E-state index in [2.05, 4.69) is 28.9 Å². The van der Waals surface area contributed by atoms with Crippen LogP contribution in [0.4, 0.5) is 0 Å². The predicted octanol–water partition coefficient (Wildman–Crippen LogP) is 2.83. The third-order valence-corrected chi connectivity index (χ3v) is 3.50. The number of esters is 1. The summed E-state index contributed by atoms with van der Waals surface area (Å²) in [5.74, 6) is -0.919. The number of carbonyl (C=O) groups excluding carboxylic acids is 2. The number of nitrogens with one attached hydrogen (secondary N) is 1. The molecule has 126 valence electrons. The second kappa shape index (κ2) is 7.59. The van der Waals surface area contributed by atoms with Crippen molar-refractivity contribution < 1.29 is 19.4 Å². The summed E-state index contributed by atoms with van der Waals surface area (Å²) in [4.78, 5) is 26.6. The molecule has 0 saturated heterocycles. The summed E-state index contributed by atoms with van der Waals surface area (Å²) in [5.41, 5.74) is 2.70. The van der Waals surface area contributed by atoms with Gasteiger partial charge in [-0.05, 0) is 23.1 Å². The minimum atomic E-state index is -0.615. The summed E-state index contributed by atoms with van der Waals surface area (Å²) in [6, 6.07) is 9.43. The van der Waals surface area contributed by atoms with Crippen LogP contribution in [-0.4, -0.2) is 28.7 Å². The number of ether oxygens (including phenoxy) is 1. The lowest BCUT2D eigenvalue weighted by molar-refractivity contribution is -0.141. The van der Waals surface area contributed by atoms with Gasteiger partial charge in [0, 0.05) is 18.7 Å². The highest BCUT2D eigenvalue weighted by Gasteiger charge is 2.14. The number of aromatic nitrogens is 1. The summed E-state index contributed by atoms with van der Waals surface area (Å²) >= 11 is 0. The Labute approximate surface area is 140 Å². The summed E-state index contributed by atoms with van der Waals surface area (Å²) < 4.78 is 4.62. The van der Waals surface area contributed by atoms with E-state index in [-0.39, 0.29) is 18.2 Å². The van der Waals surface area contributed by atoms with E-state index in [1.54, 1.807) is 0 Å². The number of rotatable bonds is 5. The molecule has 0 unspecified atom stereocenters. The molecule has 2 N–H and O–H groups in total. The molecule has 24 heavy (non-hydrogen) atoms. The van der Waals surface area contributed by atoms with Crippen molar-refractivity contribution in [3.8, 4) is 16.9 Å². The Kier molecular flexibility index (Phi) is 5.52. The van der Waals surface area contributed by atoms with Crippen LogP contribution in [0.1, 0.15) is 42.7 Å². The van der Waals surface area contributed by atoms with Gasteiger partial charge in [0.1, 0.15) is 5.75 Å². The first-order valence-electron chi connectivity index (χ1n) is 7.59. The lowest BCUT2D eigenvalue weighted by Gasteiger charge is -2.09. The van der Waals surface area contributed by atoms with Gasteiger partial charge < -0.3 is 15.2 Å². The van der Waals surface area contributed by atoms with Gasteiger partial charge in [0.25, 0.3) is 5.91 Å². The van der Waals surface area contributed by atoms with E-state index in [9.17, 15) is 14.7 Å².